The molecule has 0 aromatic carbocycles. The Balaban J connectivity index is 3.10. The third kappa shape index (κ3) is 25.5. The molecule has 0 aliphatic heterocycles. The molecule has 0 aromatic rings. The van der Waals surface area contributed by atoms with E-state index in [2.05, 4.69) is 6.92 Å². The molecule has 1 atom stereocenters. The number of aliphatic hydroxyl groups is 1. The molecule has 180 valence electrons. The van der Waals surface area contributed by atoms with E-state index in [0.29, 0.717) is 6.42 Å². The van der Waals surface area contributed by atoms with Crippen molar-refractivity contribution < 1.29 is 15.0 Å². The average molecular weight is 427 g/mol. The molecule has 0 spiro atoms. The summed E-state index contributed by atoms with van der Waals surface area (Å²) in [4.78, 5) is 10.4. The number of rotatable bonds is 25. The molecule has 0 aliphatic carbocycles. The fourth-order valence-corrected chi connectivity index (χ4v) is 4.26. The molecule has 0 aromatic heterocycles. The van der Waals surface area contributed by atoms with Crippen molar-refractivity contribution in [3.8, 4) is 0 Å². The SMILES string of the molecule is CCCCCCCCCCCCCCCCCCCCCC(O)CCCCC(=O)O. The van der Waals surface area contributed by atoms with Gasteiger partial charge < -0.3 is 10.2 Å². The number of unbranched alkanes of at least 4 members (excludes halogenated alkanes) is 19. The summed E-state index contributed by atoms with van der Waals surface area (Å²) < 4.78 is 0. The van der Waals surface area contributed by atoms with Crippen molar-refractivity contribution in [2.75, 3.05) is 0 Å². The van der Waals surface area contributed by atoms with Crippen LogP contribution in [-0.2, 0) is 4.79 Å². The summed E-state index contributed by atoms with van der Waals surface area (Å²) in [5, 5.41) is 18.5. The molecule has 0 saturated carbocycles. The van der Waals surface area contributed by atoms with Gasteiger partial charge in [-0.2, -0.15) is 0 Å². The van der Waals surface area contributed by atoms with E-state index >= 15 is 0 Å². The van der Waals surface area contributed by atoms with Gasteiger partial charge in [0.2, 0.25) is 0 Å². The number of carboxylic acid groups (broad SMARTS) is 1. The third-order valence-corrected chi connectivity index (χ3v) is 6.32. The Morgan fingerprint density at radius 2 is 0.833 bits per heavy atom. The molecule has 0 fully saturated rings. The Morgan fingerprint density at radius 3 is 1.17 bits per heavy atom. The van der Waals surface area contributed by atoms with Crippen molar-refractivity contribution in [1.82, 2.24) is 0 Å². The third-order valence-electron chi connectivity index (χ3n) is 6.32. The van der Waals surface area contributed by atoms with Gasteiger partial charge in [0.25, 0.3) is 0 Å². The number of aliphatic hydroxyl groups excluding tert-OH is 1. The predicted molar refractivity (Wildman–Crippen MR) is 130 cm³/mol. The Morgan fingerprint density at radius 1 is 0.533 bits per heavy atom. The van der Waals surface area contributed by atoms with Gasteiger partial charge >= 0.3 is 5.97 Å². The van der Waals surface area contributed by atoms with E-state index in [9.17, 15) is 9.90 Å². The number of hydrogen-bond donors (Lipinski definition) is 2. The van der Waals surface area contributed by atoms with Crippen LogP contribution < -0.4 is 0 Å². The molecule has 0 saturated heterocycles. The van der Waals surface area contributed by atoms with Crippen LogP contribution >= 0.6 is 0 Å². The maximum atomic E-state index is 10.4. The lowest BCUT2D eigenvalue weighted by Gasteiger charge is -2.09. The first-order chi connectivity index (χ1) is 14.7. The average Bonchev–Trinajstić information content (AvgIpc) is 2.72. The first-order valence-electron chi connectivity index (χ1n) is 13.6. The van der Waals surface area contributed by atoms with Crippen LogP contribution in [0.2, 0.25) is 0 Å². The molecule has 3 nitrogen and oxygen atoms in total. The molecule has 0 bridgehead atoms. The molecule has 0 rings (SSSR count). The van der Waals surface area contributed by atoms with Crippen molar-refractivity contribution in [2.45, 2.75) is 167 Å². The fraction of sp³-hybridized carbons (Fsp3) is 0.963. The summed E-state index contributed by atoms with van der Waals surface area (Å²) in [6.45, 7) is 2.29. The van der Waals surface area contributed by atoms with Crippen LogP contribution in [0.5, 0.6) is 0 Å². The second-order valence-corrected chi connectivity index (χ2v) is 9.45. The quantitative estimate of drug-likeness (QED) is 0.143. The van der Waals surface area contributed by atoms with Crippen LogP contribution in [0.15, 0.2) is 0 Å². The Hall–Kier alpha value is -0.570. The molecular weight excluding hydrogens is 372 g/mol. The summed E-state index contributed by atoms with van der Waals surface area (Å²) in [5.41, 5.74) is 0. The Kier molecular flexibility index (Phi) is 24.2. The van der Waals surface area contributed by atoms with Crippen molar-refractivity contribution in [2.24, 2.45) is 0 Å². The standard InChI is InChI=1S/C27H54O3/c1-2-3-4-5-6-7-8-9-10-11-12-13-14-15-16-17-18-19-20-23-26(28)24-21-22-25-27(29)30/h26,28H,2-25H2,1H3,(H,29,30). The predicted octanol–water partition coefficient (Wildman–Crippen LogP) is 8.81. The summed E-state index contributed by atoms with van der Waals surface area (Å²) >= 11 is 0. The van der Waals surface area contributed by atoms with Crippen LogP contribution in [0, 0.1) is 0 Å². The van der Waals surface area contributed by atoms with E-state index in [1.54, 1.807) is 0 Å². The van der Waals surface area contributed by atoms with Gasteiger partial charge in [-0.1, -0.05) is 135 Å². The van der Waals surface area contributed by atoms with Gasteiger partial charge in [-0.25, -0.2) is 0 Å². The molecule has 0 aliphatic rings. The Labute approximate surface area is 188 Å². The van der Waals surface area contributed by atoms with Gasteiger partial charge in [0, 0.05) is 6.42 Å². The van der Waals surface area contributed by atoms with Crippen LogP contribution in [0.4, 0.5) is 0 Å². The highest BCUT2D eigenvalue weighted by Crippen LogP contribution is 2.16. The molecule has 0 amide bonds. The zero-order chi connectivity index (χ0) is 22.1. The number of hydrogen-bond acceptors (Lipinski definition) is 2. The van der Waals surface area contributed by atoms with Gasteiger partial charge in [0.15, 0.2) is 0 Å². The monoisotopic (exact) mass is 426 g/mol. The minimum atomic E-state index is -0.733. The maximum absolute atomic E-state index is 10.4. The lowest BCUT2D eigenvalue weighted by Crippen LogP contribution is -2.06. The fourth-order valence-electron chi connectivity index (χ4n) is 4.26. The molecule has 1 unspecified atom stereocenters. The zero-order valence-electron chi connectivity index (χ0n) is 20.4. The smallest absolute Gasteiger partial charge is 0.303 e. The van der Waals surface area contributed by atoms with Crippen LogP contribution in [0.1, 0.15) is 161 Å². The summed E-state index contributed by atoms with van der Waals surface area (Å²) in [6.07, 6.45) is 29.5. The Bertz CT molecular complexity index is 343. The number of carbonyl (C=O) groups is 1. The van der Waals surface area contributed by atoms with Crippen molar-refractivity contribution in [3.05, 3.63) is 0 Å². The first-order valence-corrected chi connectivity index (χ1v) is 13.6. The van der Waals surface area contributed by atoms with Gasteiger partial charge in [-0.3, -0.25) is 4.79 Å². The minimum Gasteiger partial charge on any atom is -0.481 e. The molecule has 30 heavy (non-hydrogen) atoms. The normalized spacial score (nSPS) is 12.3. The van der Waals surface area contributed by atoms with Crippen LogP contribution in [0.25, 0.3) is 0 Å². The second kappa shape index (κ2) is 24.7. The van der Waals surface area contributed by atoms with Crippen molar-refractivity contribution in [1.29, 1.82) is 0 Å². The number of aliphatic carboxylic acids is 1. The molecule has 0 radical (unpaired) electrons. The topological polar surface area (TPSA) is 57.5 Å². The summed E-state index contributed by atoms with van der Waals surface area (Å²) in [6, 6.07) is 0. The maximum Gasteiger partial charge on any atom is 0.303 e. The zero-order valence-corrected chi connectivity index (χ0v) is 20.4. The van der Waals surface area contributed by atoms with E-state index in [1.807, 2.05) is 0 Å². The van der Waals surface area contributed by atoms with Crippen LogP contribution in [-0.4, -0.2) is 22.3 Å². The van der Waals surface area contributed by atoms with E-state index in [1.165, 1.54) is 116 Å². The second-order valence-electron chi connectivity index (χ2n) is 9.45. The molecule has 0 heterocycles. The number of carboxylic acids is 1. The van der Waals surface area contributed by atoms with E-state index in [-0.39, 0.29) is 12.5 Å². The van der Waals surface area contributed by atoms with Gasteiger partial charge in [0.1, 0.15) is 0 Å². The summed E-state index contributed by atoms with van der Waals surface area (Å²) in [7, 11) is 0. The lowest BCUT2D eigenvalue weighted by atomic mass is 10.0. The van der Waals surface area contributed by atoms with Gasteiger partial charge in [-0.05, 0) is 19.3 Å². The molecule has 3 heteroatoms. The summed E-state index contributed by atoms with van der Waals surface area (Å²) in [5.74, 6) is -0.733. The lowest BCUT2D eigenvalue weighted by molar-refractivity contribution is -0.137. The van der Waals surface area contributed by atoms with Gasteiger partial charge in [0.05, 0.1) is 6.10 Å². The largest absolute Gasteiger partial charge is 0.481 e. The van der Waals surface area contributed by atoms with E-state index < -0.39 is 5.97 Å². The molecule has 2 N–H and O–H groups in total. The highest BCUT2D eigenvalue weighted by molar-refractivity contribution is 5.66. The van der Waals surface area contributed by atoms with E-state index in [4.69, 9.17) is 5.11 Å². The minimum absolute atomic E-state index is 0.228. The molecular formula is C27H54O3. The first kappa shape index (κ1) is 29.4. The van der Waals surface area contributed by atoms with Crippen molar-refractivity contribution in [3.63, 3.8) is 0 Å². The van der Waals surface area contributed by atoms with Crippen molar-refractivity contribution >= 4 is 5.97 Å². The van der Waals surface area contributed by atoms with Gasteiger partial charge in [-0.15, -0.1) is 0 Å². The highest BCUT2D eigenvalue weighted by Gasteiger charge is 2.05. The van der Waals surface area contributed by atoms with Crippen LogP contribution in [0.3, 0.4) is 0 Å². The highest BCUT2D eigenvalue weighted by atomic mass is 16.4. The van der Waals surface area contributed by atoms with E-state index in [0.717, 1.165) is 25.7 Å².